The largest absolute Gasteiger partial charge is 0.411 e. The highest BCUT2D eigenvalue weighted by atomic mass is 32.2. The van der Waals surface area contributed by atoms with E-state index >= 15 is 0 Å². The van der Waals surface area contributed by atoms with E-state index in [1.807, 2.05) is 37.3 Å². The lowest BCUT2D eigenvalue weighted by atomic mass is 10.2. The number of benzene rings is 1. The van der Waals surface area contributed by atoms with Gasteiger partial charge in [0.1, 0.15) is 0 Å². The van der Waals surface area contributed by atoms with Gasteiger partial charge in [-0.15, -0.1) is 10.2 Å². The Balaban J connectivity index is 1.65. The van der Waals surface area contributed by atoms with E-state index in [0.29, 0.717) is 28.6 Å². The second-order valence-corrected chi connectivity index (χ2v) is 4.91. The minimum Gasteiger partial charge on any atom is -0.411 e. The van der Waals surface area contributed by atoms with Gasteiger partial charge >= 0.3 is 0 Å². The van der Waals surface area contributed by atoms with Gasteiger partial charge in [0.25, 0.3) is 5.22 Å². The molecule has 20 heavy (non-hydrogen) atoms. The Hall–Kier alpha value is -2.15. The summed E-state index contributed by atoms with van der Waals surface area (Å²) in [4.78, 5) is 4.22. The number of thioether (sulfide) groups is 1. The summed E-state index contributed by atoms with van der Waals surface area (Å²) in [6.45, 7) is 1.98. The van der Waals surface area contributed by atoms with Crippen LogP contribution in [0.5, 0.6) is 0 Å². The second-order valence-electron chi connectivity index (χ2n) is 3.99. The first-order chi connectivity index (χ1) is 9.85. The third-order valence-electron chi connectivity index (χ3n) is 2.57. The van der Waals surface area contributed by atoms with Gasteiger partial charge in [-0.3, -0.25) is 0 Å². The minimum atomic E-state index is 0.486. The molecule has 0 bridgehead atoms. The summed E-state index contributed by atoms with van der Waals surface area (Å²) in [5.41, 5.74) is 0.901. The number of nitrogens with zero attached hydrogens (tertiary/aromatic N) is 4. The van der Waals surface area contributed by atoms with Crippen molar-refractivity contribution in [2.45, 2.75) is 24.3 Å². The maximum Gasteiger partial charge on any atom is 0.277 e. The van der Waals surface area contributed by atoms with Crippen LogP contribution < -0.4 is 0 Å². The Morgan fingerprint density at radius 3 is 2.75 bits per heavy atom. The lowest BCUT2D eigenvalue weighted by Crippen LogP contribution is -1.84. The Bertz CT molecular complexity index is 681. The number of aromatic nitrogens is 4. The Morgan fingerprint density at radius 1 is 1.15 bits per heavy atom. The molecule has 3 aromatic rings. The molecule has 0 aliphatic rings. The second kappa shape index (κ2) is 5.87. The van der Waals surface area contributed by atoms with E-state index in [0.717, 1.165) is 12.0 Å². The van der Waals surface area contributed by atoms with Crippen LogP contribution in [0.15, 0.2) is 44.5 Å². The molecule has 0 aliphatic carbocycles. The van der Waals surface area contributed by atoms with E-state index < -0.39 is 0 Å². The van der Waals surface area contributed by atoms with Crippen LogP contribution in [0, 0.1) is 0 Å². The number of hydrogen-bond acceptors (Lipinski definition) is 7. The molecule has 6 nitrogen and oxygen atoms in total. The standard InChI is InChI=1S/C13H12N4O2S/c1-2-10-14-11(19-17-10)8-20-13-16-15-12(18-13)9-6-4-3-5-7-9/h3-7H,2,8H2,1H3. The van der Waals surface area contributed by atoms with Gasteiger partial charge in [-0.25, -0.2) is 0 Å². The molecule has 0 amide bonds. The number of rotatable bonds is 5. The molecule has 0 atom stereocenters. The highest BCUT2D eigenvalue weighted by Crippen LogP contribution is 2.24. The molecular formula is C13H12N4O2S. The van der Waals surface area contributed by atoms with E-state index in [2.05, 4.69) is 20.3 Å². The maximum atomic E-state index is 5.58. The average molecular weight is 288 g/mol. The summed E-state index contributed by atoms with van der Waals surface area (Å²) in [5, 5.41) is 12.3. The van der Waals surface area contributed by atoms with Crippen molar-refractivity contribution in [2.24, 2.45) is 0 Å². The molecule has 0 unspecified atom stereocenters. The first kappa shape index (κ1) is 12.9. The molecule has 0 fully saturated rings. The molecule has 0 saturated heterocycles. The lowest BCUT2D eigenvalue weighted by Gasteiger charge is -1.92. The van der Waals surface area contributed by atoms with Crippen LogP contribution in [-0.4, -0.2) is 20.3 Å². The average Bonchev–Trinajstić information content (AvgIpc) is 3.15. The monoisotopic (exact) mass is 288 g/mol. The van der Waals surface area contributed by atoms with Gasteiger partial charge in [-0.05, 0) is 12.1 Å². The van der Waals surface area contributed by atoms with Crippen LogP contribution in [0.2, 0.25) is 0 Å². The fourth-order valence-corrected chi connectivity index (χ4v) is 2.18. The summed E-state index contributed by atoms with van der Waals surface area (Å²) in [6.07, 6.45) is 0.757. The Morgan fingerprint density at radius 2 is 2.00 bits per heavy atom. The van der Waals surface area contributed by atoms with Crippen molar-refractivity contribution in [1.29, 1.82) is 0 Å². The number of hydrogen-bond donors (Lipinski definition) is 0. The van der Waals surface area contributed by atoms with E-state index in [4.69, 9.17) is 8.94 Å². The maximum absolute atomic E-state index is 5.58. The topological polar surface area (TPSA) is 77.8 Å². The van der Waals surface area contributed by atoms with E-state index in [1.165, 1.54) is 11.8 Å². The molecule has 0 spiro atoms. The summed E-state index contributed by atoms with van der Waals surface area (Å²) in [5.74, 6) is 2.29. The quantitative estimate of drug-likeness (QED) is 0.668. The van der Waals surface area contributed by atoms with Crippen molar-refractivity contribution in [3.63, 3.8) is 0 Å². The fourth-order valence-electron chi connectivity index (χ4n) is 1.58. The van der Waals surface area contributed by atoms with Gasteiger partial charge < -0.3 is 8.94 Å². The van der Waals surface area contributed by atoms with Crippen molar-refractivity contribution < 1.29 is 8.94 Å². The molecular weight excluding hydrogens is 276 g/mol. The van der Waals surface area contributed by atoms with Crippen molar-refractivity contribution in [1.82, 2.24) is 20.3 Å². The van der Waals surface area contributed by atoms with E-state index in [1.54, 1.807) is 0 Å². The van der Waals surface area contributed by atoms with E-state index in [-0.39, 0.29) is 0 Å². The van der Waals surface area contributed by atoms with Crippen LogP contribution in [0.3, 0.4) is 0 Å². The summed E-state index contributed by atoms with van der Waals surface area (Å²) < 4.78 is 10.7. The van der Waals surface area contributed by atoms with Crippen LogP contribution in [-0.2, 0) is 12.2 Å². The Labute approximate surface area is 119 Å². The fraction of sp³-hybridized carbons (Fsp3) is 0.231. The molecule has 0 aliphatic heterocycles. The van der Waals surface area contributed by atoms with Crippen molar-refractivity contribution in [2.75, 3.05) is 0 Å². The van der Waals surface area contributed by atoms with Gasteiger partial charge in [0.05, 0.1) is 5.75 Å². The molecule has 0 N–H and O–H groups in total. The number of aryl methyl sites for hydroxylation is 1. The SMILES string of the molecule is CCc1noc(CSc2nnc(-c3ccccc3)o2)n1. The van der Waals surface area contributed by atoms with Gasteiger partial charge in [0, 0.05) is 12.0 Å². The van der Waals surface area contributed by atoms with Gasteiger partial charge in [0.2, 0.25) is 11.8 Å². The zero-order valence-corrected chi connectivity index (χ0v) is 11.6. The summed E-state index contributed by atoms with van der Waals surface area (Å²) in [6, 6.07) is 9.64. The minimum absolute atomic E-state index is 0.486. The van der Waals surface area contributed by atoms with Crippen LogP contribution in [0.1, 0.15) is 18.6 Å². The Kier molecular flexibility index (Phi) is 3.78. The van der Waals surface area contributed by atoms with Gasteiger partial charge in [-0.1, -0.05) is 42.0 Å². The normalized spacial score (nSPS) is 10.8. The molecule has 0 saturated carbocycles. The van der Waals surface area contributed by atoms with E-state index in [9.17, 15) is 0 Å². The van der Waals surface area contributed by atoms with Crippen LogP contribution in [0.4, 0.5) is 0 Å². The zero-order valence-electron chi connectivity index (χ0n) is 10.8. The summed E-state index contributed by atoms with van der Waals surface area (Å²) in [7, 11) is 0. The smallest absolute Gasteiger partial charge is 0.277 e. The van der Waals surface area contributed by atoms with Crippen molar-refractivity contribution in [3.8, 4) is 11.5 Å². The molecule has 3 rings (SSSR count). The van der Waals surface area contributed by atoms with Gasteiger partial charge in [0.15, 0.2) is 5.82 Å². The summed E-state index contributed by atoms with van der Waals surface area (Å²) >= 11 is 1.38. The molecule has 1 aromatic carbocycles. The highest BCUT2D eigenvalue weighted by Gasteiger charge is 2.11. The third kappa shape index (κ3) is 2.88. The predicted octanol–water partition coefficient (Wildman–Crippen LogP) is 2.97. The van der Waals surface area contributed by atoms with Crippen LogP contribution in [0.25, 0.3) is 11.5 Å². The molecule has 0 radical (unpaired) electrons. The zero-order chi connectivity index (χ0) is 13.8. The first-order valence-corrected chi connectivity index (χ1v) is 7.17. The molecule has 7 heteroatoms. The van der Waals surface area contributed by atoms with Crippen LogP contribution >= 0.6 is 11.8 Å². The molecule has 2 heterocycles. The molecule has 2 aromatic heterocycles. The first-order valence-electron chi connectivity index (χ1n) is 6.18. The molecule has 102 valence electrons. The highest BCUT2D eigenvalue weighted by molar-refractivity contribution is 7.98. The van der Waals surface area contributed by atoms with Gasteiger partial charge in [-0.2, -0.15) is 4.98 Å². The lowest BCUT2D eigenvalue weighted by molar-refractivity contribution is 0.384. The predicted molar refractivity (Wildman–Crippen MR) is 73.0 cm³/mol. The van der Waals surface area contributed by atoms with Crippen molar-refractivity contribution >= 4 is 11.8 Å². The van der Waals surface area contributed by atoms with Crippen molar-refractivity contribution in [3.05, 3.63) is 42.0 Å². The third-order valence-corrected chi connectivity index (χ3v) is 3.38.